The van der Waals surface area contributed by atoms with Crippen molar-refractivity contribution in [2.75, 3.05) is 0 Å². The Hall–Kier alpha value is -5.40. The molecule has 6 aromatic carbocycles. The summed E-state index contributed by atoms with van der Waals surface area (Å²) < 4.78 is 311. The van der Waals surface area contributed by atoms with E-state index >= 15 is 17.6 Å². The molecule has 0 aromatic heterocycles. The first-order valence-electron chi connectivity index (χ1n) is 16.3. The first-order valence-corrected chi connectivity index (χ1v) is 19.1. The van der Waals surface area contributed by atoms with Crippen LogP contribution >= 0.6 is 0 Å². The van der Waals surface area contributed by atoms with Crippen molar-refractivity contribution in [3.8, 4) is 22.6 Å². The molecular formula is C36H16F18O6S2. The summed E-state index contributed by atoms with van der Waals surface area (Å²) >= 11 is 0. The molecule has 0 heterocycles. The van der Waals surface area contributed by atoms with Gasteiger partial charge in [0.15, 0.2) is 11.5 Å². The number of benzene rings is 6. The number of fused-ring (bicyclic) bond motifs is 6. The second-order valence-corrected chi connectivity index (χ2v) is 16.2. The average Bonchev–Trinajstić information content (AvgIpc) is 3.16. The molecule has 62 heavy (non-hydrogen) atoms. The Morgan fingerprint density at radius 2 is 0.613 bits per heavy atom. The van der Waals surface area contributed by atoms with E-state index in [0.717, 1.165) is 36.4 Å². The summed E-state index contributed by atoms with van der Waals surface area (Å²) in [5.74, 6) is -35.1. The molecule has 0 saturated carbocycles. The number of halogens is 18. The van der Waals surface area contributed by atoms with Gasteiger partial charge in [-0.25, -0.2) is 0 Å². The summed E-state index contributed by atoms with van der Waals surface area (Å²) in [7, 11) is -15.8. The SMILES string of the molecule is O=S(=O)(Oc1ccc2c(ccc3ccccc32)c1-c1c(OS(=O)(=O)C(F)(F)C(F)(F)C(F)(F)C(F)(F)F)ccc2c1ccc1ccccc12)C(F)(F)C(F)(F)C(F)(F)C(F)(F)F. The van der Waals surface area contributed by atoms with Gasteiger partial charge < -0.3 is 8.37 Å². The van der Waals surface area contributed by atoms with E-state index in [1.54, 1.807) is 0 Å². The highest BCUT2D eigenvalue weighted by Gasteiger charge is 2.87. The fourth-order valence-electron chi connectivity index (χ4n) is 6.17. The molecule has 0 N–H and O–H groups in total. The van der Waals surface area contributed by atoms with E-state index in [4.69, 9.17) is 0 Å². The minimum absolute atomic E-state index is 0.0590. The quantitative estimate of drug-likeness (QED) is 0.0730. The summed E-state index contributed by atoms with van der Waals surface area (Å²) in [6.07, 6.45) is -15.1. The highest BCUT2D eigenvalue weighted by Crippen LogP contribution is 2.58. The second-order valence-electron chi connectivity index (χ2n) is 13.0. The van der Waals surface area contributed by atoms with Gasteiger partial charge in [-0.3, -0.25) is 0 Å². The number of hydrogen-bond acceptors (Lipinski definition) is 6. The fraction of sp³-hybridized carbons (Fsp3) is 0.222. The predicted molar refractivity (Wildman–Crippen MR) is 183 cm³/mol. The monoisotopic (exact) mass is 950 g/mol. The standard InChI is InChI=1S/C36H16F18O6S2/c37-29(38,33(45,46)47)31(41,42)35(51,52)61(55,56)59-25-15-13-21-19-7-3-1-5-17(19)9-11-23(21)27(25)28-24-12-10-18-6-2-4-8-20(18)22(24)14-16-26(28)60-62(57,58)36(53,54)32(43,44)30(39,40)34(48,49)50/h1-16H. The molecule has 0 saturated heterocycles. The lowest BCUT2D eigenvalue weighted by atomic mass is 9.89. The lowest BCUT2D eigenvalue weighted by Crippen LogP contribution is -2.63. The summed E-state index contributed by atoms with van der Waals surface area (Å²) in [5.41, 5.74) is -2.64. The maximum absolute atomic E-state index is 15.1. The van der Waals surface area contributed by atoms with Crippen molar-refractivity contribution in [1.29, 1.82) is 0 Å². The molecule has 0 atom stereocenters. The third-order valence-corrected chi connectivity index (χ3v) is 11.9. The molecule has 6 aromatic rings. The molecule has 0 aliphatic rings. The topological polar surface area (TPSA) is 86.7 Å². The zero-order chi connectivity index (χ0) is 46.7. The molecule has 0 aliphatic carbocycles. The molecule has 6 nitrogen and oxygen atoms in total. The summed E-state index contributed by atoms with van der Waals surface area (Å²) in [6.45, 7) is 0. The van der Waals surface area contributed by atoms with Crippen LogP contribution in [0.15, 0.2) is 97.1 Å². The Bertz CT molecular complexity index is 2800. The molecule has 0 fully saturated rings. The maximum Gasteiger partial charge on any atom is 0.460 e. The van der Waals surface area contributed by atoms with Crippen LogP contribution in [0.3, 0.4) is 0 Å². The van der Waals surface area contributed by atoms with Crippen LogP contribution in [0.25, 0.3) is 54.2 Å². The van der Waals surface area contributed by atoms with Gasteiger partial charge in [0.05, 0.1) is 0 Å². The molecule has 334 valence electrons. The summed E-state index contributed by atoms with van der Waals surface area (Å²) in [4.78, 5) is 0. The van der Waals surface area contributed by atoms with Crippen molar-refractivity contribution < 1.29 is 104 Å². The zero-order valence-corrected chi connectivity index (χ0v) is 30.9. The smallest absolute Gasteiger partial charge is 0.377 e. The van der Waals surface area contributed by atoms with Crippen molar-refractivity contribution >= 4 is 63.3 Å². The Labute approximate surface area is 333 Å². The lowest BCUT2D eigenvalue weighted by molar-refractivity contribution is -0.382. The van der Waals surface area contributed by atoms with Gasteiger partial charge in [-0.1, -0.05) is 72.8 Å². The van der Waals surface area contributed by atoms with Crippen LogP contribution in [-0.2, 0) is 20.2 Å². The van der Waals surface area contributed by atoms with Gasteiger partial charge in [-0.2, -0.15) is 95.9 Å². The van der Waals surface area contributed by atoms with Crippen molar-refractivity contribution in [2.45, 2.75) is 46.6 Å². The van der Waals surface area contributed by atoms with Crippen LogP contribution in [0.2, 0.25) is 0 Å². The fourth-order valence-corrected chi connectivity index (χ4v) is 8.01. The van der Waals surface area contributed by atoms with Crippen LogP contribution in [0.5, 0.6) is 11.5 Å². The van der Waals surface area contributed by atoms with E-state index < -0.39 is 100 Å². The van der Waals surface area contributed by atoms with Gasteiger partial charge >= 0.3 is 66.8 Å². The number of hydrogen-bond donors (Lipinski definition) is 0. The third-order valence-electron chi connectivity index (χ3n) is 9.28. The summed E-state index contributed by atoms with van der Waals surface area (Å²) in [5, 5.41) is -16.3. The van der Waals surface area contributed by atoms with Crippen molar-refractivity contribution in [1.82, 2.24) is 0 Å². The Kier molecular flexibility index (Phi) is 10.5. The predicted octanol–water partition coefficient (Wildman–Crippen LogP) is 12.2. The van der Waals surface area contributed by atoms with Gasteiger partial charge in [-0.15, -0.1) is 0 Å². The summed E-state index contributed by atoms with van der Waals surface area (Å²) in [6, 6.07) is 16.8. The van der Waals surface area contributed by atoms with Crippen molar-refractivity contribution in [2.24, 2.45) is 0 Å². The van der Waals surface area contributed by atoms with Crippen LogP contribution < -0.4 is 8.37 Å². The van der Waals surface area contributed by atoms with E-state index in [9.17, 15) is 78.3 Å². The van der Waals surface area contributed by atoms with Gasteiger partial charge in [0.25, 0.3) is 0 Å². The Morgan fingerprint density at radius 1 is 0.323 bits per heavy atom. The maximum atomic E-state index is 15.1. The van der Waals surface area contributed by atoms with E-state index in [0.29, 0.717) is 0 Å². The third kappa shape index (κ3) is 6.56. The van der Waals surface area contributed by atoms with Gasteiger partial charge in [0.2, 0.25) is 0 Å². The number of alkyl halides is 18. The van der Waals surface area contributed by atoms with Gasteiger partial charge in [0.1, 0.15) is 0 Å². The number of rotatable bonds is 11. The van der Waals surface area contributed by atoms with Crippen LogP contribution in [0, 0.1) is 0 Å². The first kappa shape index (κ1) is 46.1. The normalized spacial score (nSPS) is 14.5. The van der Waals surface area contributed by atoms with Crippen LogP contribution in [0.1, 0.15) is 0 Å². The van der Waals surface area contributed by atoms with E-state index in [1.165, 1.54) is 48.5 Å². The van der Waals surface area contributed by atoms with E-state index in [2.05, 4.69) is 8.37 Å². The Morgan fingerprint density at radius 3 is 0.919 bits per heavy atom. The van der Waals surface area contributed by atoms with E-state index in [-0.39, 0.29) is 44.5 Å². The molecule has 0 radical (unpaired) electrons. The van der Waals surface area contributed by atoms with Gasteiger partial charge in [0, 0.05) is 11.1 Å². The molecule has 0 bridgehead atoms. The first-order chi connectivity index (χ1) is 28.1. The lowest BCUT2D eigenvalue weighted by Gasteiger charge is -2.33. The Balaban J connectivity index is 1.73. The molecule has 0 amide bonds. The van der Waals surface area contributed by atoms with Crippen LogP contribution in [0.4, 0.5) is 79.0 Å². The second kappa shape index (κ2) is 14.1. The molecule has 0 aliphatic heterocycles. The van der Waals surface area contributed by atoms with Crippen molar-refractivity contribution in [3.05, 3.63) is 97.1 Å². The minimum Gasteiger partial charge on any atom is -0.377 e. The highest BCUT2D eigenvalue weighted by molar-refractivity contribution is 7.88. The van der Waals surface area contributed by atoms with Gasteiger partial charge in [-0.05, 0) is 67.4 Å². The minimum atomic E-state index is -7.90. The molecule has 26 heteroatoms. The molecule has 6 rings (SSSR count). The molecular weight excluding hydrogens is 934 g/mol. The largest absolute Gasteiger partial charge is 0.460 e. The van der Waals surface area contributed by atoms with E-state index in [1.807, 2.05) is 0 Å². The highest BCUT2D eigenvalue weighted by atomic mass is 32.2. The zero-order valence-electron chi connectivity index (χ0n) is 29.3. The van der Waals surface area contributed by atoms with Crippen LogP contribution in [-0.4, -0.2) is 63.4 Å². The molecule has 0 spiro atoms. The average molecular weight is 951 g/mol. The molecule has 0 unspecified atom stereocenters. The van der Waals surface area contributed by atoms with Crippen molar-refractivity contribution in [3.63, 3.8) is 0 Å².